The number of rotatable bonds is 4. The predicted molar refractivity (Wildman–Crippen MR) is 87.4 cm³/mol. The number of carbonyl (C=O) groups is 1. The Kier molecular flexibility index (Phi) is 5.00. The van der Waals surface area contributed by atoms with E-state index in [2.05, 4.69) is 25.5 Å². The number of aromatic nitrogens is 2. The minimum absolute atomic E-state index is 0.269. The number of urea groups is 1. The second-order valence-corrected chi connectivity index (χ2v) is 5.13. The van der Waals surface area contributed by atoms with E-state index in [0.29, 0.717) is 25.4 Å². The molecule has 1 fully saturated rings. The SMILES string of the molecule is O=C(NCc1cccnc1N1CCOCC1)Nc1cccnc1. The van der Waals surface area contributed by atoms with Gasteiger partial charge in [-0.2, -0.15) is 0 Å². The summed E-state index contributed by atoms with van der Waals surface area (Å²) < 4.78 is 5.37. The largest absolute Gasteiger partial charge is 0.378 e. The van der Waals surface area contributed by atoms with Gasteiger partial charge in [-0.1, -0.05) is 6.07 Å². The van der Waals surface area contributed by atoms with E-state index in [1.54, 1.807) is 30.7 Å². The number of carbonyl (C=O) groups excluding carboxylic acids is 1. The molecule has 0 spiro atoms. The maximum atomic E-state index is 12.0. The van der Waals surface area contributed by atoms with Crippen molar-refractivity contribution < 1.29 is 9.53 Å². The number of nitrogens with one attached hydrogen (secondary N) is 2. The van der Waals surface area contributed by atoms with E-state index in [1.807, 2.05) is 12.1 Å². The average Bonchev–Trinajstić information content (AvgIpc) is 2.62. The Morgan fingerprint density at radius 3 is 2.83 bits per heavy atom. The van der Waals surface area contributed by atoms with Crippen LogP contribution < -0.4 is 15.5 Å². The fourth-order valence-electron chi connectivity index (χ4n) is 2.42. The first-order chi connectivity index (χ1) is 11.3. The standard InChI is InChI=1S/C16H19N5O2/c22-16(20-14-4-2-5-17-12-14)19-11-13-3-1-6-18-15(13)21-7-9-23-10-8-21/h1-6,12H,7-11H2,(H2,19,20,22). The van der Waals surface area contributed by atoms with Gasteiger partial charge >= 0.3 is 6.03 Å². The summed E-state index contributed by atoms with van der Waals surface area (Å²) in [5.41, 5.74) is 1.64. The van der Waals surface area contributed by atoms with Gasteiger partial charge in [0.2, 0.25) is 0 Å². The van der Waals surface area contributed by atoms with Crippen LogP contribution in [0.15, 0.2) is 42.9 Å². The van der Waals surface area contributed by atoms with Crippen molar-refractivity contribution in [2.24, 2.45) is 0 Å². The number of pyridine rings is 2. The Balaban J connectivity index is 1.60. The number of ether oxygens (including phenoxy) is 1. The first-order valence-corrected chi connectivity index (χ1v) is 7.54. The molecule has 3 rings (SSSR count). The highest BCUT2D eigenvalue weighted by Gasteiger charge is 2.16. The zero-order chi connectivity index (χ0) is 15.9. The lowest BCUT2D eigenvalue weighted by Gasteiger charge is -2.29. The summed E-state index contributed by atoms with van der Waals surface area (Å²) >= 11 is 0. The lowest BCUT2D eigenvalue weighted by molar-refractivity contribution is 0.122. The second-order valence-electron chi connectivity index (χ2n) is 5.13. The smallest absolute Gasteiger partial charge is 0.319 e. The van der Waals surface area contributed by atoms with E-state index in [1.165, 1.54) is 0 Å². The zero-order valence-corrected chi connectivity index (χ0v) is 12.7. The number of nitrogens with zero attached hydrogens (tertiary/aromatic N) is 3. The van der Waals surface area contributed by atoms with Crippen LogP contribution in [-0.4, -0.2) is 42.3 Å². The number of morpholine rings is 1. The molecule has 120 valence electrons. The Hall–Kier alpha value is -2.67. The molecule has 2 amide bonds. The van der Waals surface area contributed by atoms with Crippen molar-refractivity contribution in [3.63, 3.8) is 0 Å². The molecule has 1 aliphatic rings. The van der Waals surface area contributed by atoms with Crippen molar-refractivity contribution in [3.8, 4) is 0 Å². The van der Waals surface area contributed by atoms with E-state index in [4.69, 9.17) is 4.74 Å². The molecule has 0 saturated carbocycles. The third-order valence-corrected chi connectivity index (χ3v) is 3.54. The van der Waals surface area contributed by atoms with Crippen LogP contribution in [0.2, 0.25) is 0 Å². The second kappa shape index (κ2) is 7.55. The van der Waals surface area contributed by atoms with Crippen LogP contribution >= 0.6 is 0 Å². The highest BCUT2D eigenvalue weighted by atomic mass is 16.5. The van der Waals surface area contributed by atoms with E-state index >= 15 is 0 Å². The molecule has 23 heavy (non-hydrogen) atoms. The summed E-state index contributed by atoms with van der Waals surface area (Å²) in [6.45, 7) is 3.43. The fourth-order valence-corrected chi connectivity index (χ4v) is 2.42. The Morgan fingerprint density at radius 2 is 2.04 bits per heavy atom. The number of hydrogen-bond donors (Lipinski definition) is 2. The van der Waals surface area contributed by atoms with Crippen molar-refractivity contribution in [1.82, 2.24) is 15.3 Å². The lowest BCUT2D eigenvalue weighted by atomic mass is 10.2. The molecule has 0 bridgehead atoms. The molecule has 0 unspecified atom stereocenters. The van der Waals surface area contributed by atoms with Crippen molar-refractivity contribution >= 4 is 17.5 Å². The topological polar surface area (TPSA) is 79.4 Å². The lowest BCUT2D eigenvalue weighted by Crippen LogP contribution is -2.38. The van der Waals surface area contributed by atoms with Crippen LogP contribution in [0, 0.1) is 0 Å². The van der Waals surface area contributed by atoms with Crippen LogP contribution in [0.4, 0.5) is 16.3 Å². The Bertz CT molecular complexity index is 644. The van der Waals surface area contributed by atoms with E-state index in [-0.39, 0.29) is 6.03 Å². The average molecular weight is 313 g/mol. The molecule has 2 aromatic rings. The molecule has 7 nitrogen and oxygen atoms in total. The van der Waals surface area contributed by atoms with Crippen LogP contribution in [0.5, 0.6) is 0 Å². The van der Waals surface area contributed by atoms with Gasteiger partial charge in [-0.05, 0) is 18.2 Å². The van der Waals surface area contributed by atoms with Gasteiger partial charge in [0.1, 0.15) is 5.82 Å². The van der Waals surface area contributed by atoms with Crippen molar-refractivity contribution in [2.75, 3.05) is 36.5 Å². The molecule has 3 heterocycles. The summed E-state index contributed by atoms with van der Waals surface area (Å²) in [4.78, 5) is 22.6. The first-order valence-electron chi connectivity index (χ1n) is 7.54. The van der Waals surface area contributed by atoms with E-state index in [9.17, 15) is 4.79 Å². The van der Waals surface area contributed by atoms with E-state index in [0.717, 1.165) is 24.5 Å². The molecule has 2 N–H and O–H groups in total. The van der Waals surface area contributed by atoms with Gasteiger partial charge in [0, 0.05) is 37.6 Å². The minimum Gasteiger partial charge on any atom is -0.378 e. The monoisotopic (exact) mass is 313 g/mol. The maximum absolute atomic E-state index is 12.0. The molecular weight excluding hydrogens is 294 g/mol. The fraction of sp³-hybridized carbons (Fsp3) is 0.312. The molecule has 1 aliphatic heterocycles. The maximum Gasteiger partial charge on any atom is 0.319 e. The molecular formula is C16H19N5O2. The van der Waals surface area contributed by atoms with Gasteiger partial charge < -0.3 is 20.3 Å². The molecule has 2 aromatic heterocycles. The summed E-state index contributed by atoms with van der Waals surface area (Å²) in [5, 5.41) is 5.60. The van der Waals surface area contributed by atoms with E-state index < -0.39 is 0 Å². The highest BCUT2D eigenvalue weighted by Crippen LogP contribution is 2.18. The number of amides is 2. The van der Waals surface area contributed by atoms with Gasteiger partial charge in [0.05, 0.1) is 25.1 Å². The van der Waals surface area contributed by atoms with Crippen molar-refractivity contribution in [2.45, 2.75) is 6.54 Å². The summed E-state index contributed by atoms with van der Waals surface area (Å²) in [7, 11) is 0. The Labute approximate surface area is 134 Å². The predicted octanol–water partition coefficient (Wildman–Crippen LogP) is 1.63. The summed E-state index contributed by atoms with van der Waals surface area (Å²) in [6.07, 6.45) is 5.03. The Morgan fingerprint density at radius 1 is 1.22 bits per heavy atom. The third kappa shape index (κ3) is 4.17. The van der Waals surface area contributed by atoms with Gasteiger partial charge in [-0.25, -0.2) is 9.78 Å². The summed E-state index contributed by atoms with van der Waals surface area (Å²) in [5.74, 6) is 0.900. The summed E-state index contributed by atoms with van der Waals surface area (Å²) in [6, 6.07) is 7.14. The minimum atomic E-state index is -0.269. The molecule has 0 aromatic carbocycles. The number of anilines is 2. The van der Waals surface area contributed by atoms with Crippen molar-refractivity contribution in [3.05, 3.63) is 48.4 Å². The van der Waals surface area contributed by atoms with Gasteiger partial charge in [0.25, 0.3) is 0 Å². The van der Waals surface area contributed by atoms with Gasteiger partial charge in [-0.15, -0.1) is 0 Å². The van der Waals surface area contributed by atoms with Crippen LogP contribution in [0.25, 0.3) is 0 Å². The molecule has 0 radical (unpaired) electrons. The molecule has 1 saturated heterocycles. The van der Waals surface area contributed by atoms with Crippen LogP contribution in [0.3, 0.4) is 0 Å². The molecule has 0 atom stereocenters. The number of hydrogen-bond acceptors (Lipinski definition) is 5. The zero-order valence-electron chi connectivity index (χ0n) is 12.7. The third-order valence-electron chi connectivity index (χ3n) is 3.54. The normalized spacial score (nSPS) is 14.3. The van der Waals surface area contributed by atoms with Crippen LogP contribution in [0.1, 0.15) is 5.56 Å². The van der Waals surface area contributed by atoms with Gasteiger partial charge in [0.15, 0.2) is 0 Å². The van der Waals surface area contributed by atoms with Crippen molar-refractivity contribution in [1.29, 1.82) is 0 Å². The first kappa shape index (κ1) is 15.2. The molecule has 7 heteroatoms. The van der Waals surface area contributed by atoms with Crippen LogP contribution in [-0.2, 0) is 11.3 Å². The van der Waals surface area contributed by atoms with Gasteiger partial charge in [-0.3, -0.25) is 4.98 Å². The quantitative estimate of drug-likeness (QED) is 0.897. The highest BCUT2D eigenvalue weighted by molar-refractivity contribution is 5.88. The molecule has 0 aliphatic carbocycles.